The SMILES string of the molecule is CC[C@@H](C)CC(=O)N1CCC[C@H](N)C1. The van der Waals surface area contributed by atoms with Gasteiger partial charge in [0, 0.05) is 25.6 Å². The first kappa shape index (κ1) is 11.5. The summed E-state index contributed by atoms with van der Waals surface area (Å²) in [6.45, 7) is 5.92. The maximum absolute atomic E-state index is 11.8. The van der Waals surface area contributed by atoms with Gasteiger partial charge in [-0.05, 0) is 18.8 Å². The molecule has 1 saturated heterocycles. The zero-order valence-corrected chi connectivity index (χ0v) is 9.33. The van der Waals surface area contributed by atoms with Gasteiger partial charge in [-0.25, -0.2) is 0 Å². The Morgan fingerprint density at radius 3 is 2.93 bits per heavy atom. The summed E-state index contributed by atoms with van der Waals surface area (Å²) in [5.41, 5.74) is 5.83. The molecule has 3 heteroatoms. The van der Waals surface area contributed by atoms with Crippen LogP contribution in [0.3, 0.4) is 0 Å². The zero-order chi connectivity index (χ0) is 10.6. The molecule has 0 radical (unpaired) electrons. The van der Waals surface area contributed by atoms with Crippen molar-refractivity contribution >= 4 is 5.91 Å². The molecule has 0 aromatic rings. The van der Waals surface area contributed by atoms with Gasteiger partial charge >= 0.3 is 0 Å². The van der Waals surface area contributed by atoms with E-state index >= 15 is 0 Å². The van der Waals surface area contributed by atoms with E-state index in [1.54, 1.807) is 0 Å². The lowest BCUT2D eigenvalue weighted by Crippen LogP contribution is -2.46. The molecule has 0 spiro atoms. The molecule has 0 aromatic carbocycles. The largest absolute Gasteiger partial charge is 0.341 e. The molecule has 1 aliphatic heterocycles. The molecular weight excluding hydrogens is 176 g/mol. The summed E-state index contributed by atoms with van der Waals surface area (Å²) < 4.78 is 0. The van der Waals surface area contributed by atoms with Crippen molar-refractivity contribution in [2.24, 2.45) is 11.7 Å². The Morgan fingerprint density at radius 2 is 2.36 bits per heavy atom. The van der Waals surface area contributed by atoms with Crippen LogP contribution < -0.4 is 5.73 Å². The minimum absolute atomic E-state index is 0.199. The van der Waals surface area contributed by atoms with Crippen molar-refractivity contribution in [1.82, 2.24) is 4.90 Å². The first-order chi connectivity index (χ1) is 6.63. The predicted molar refractivity (Wildman–Crippen MR) is 57.9 cm³/mol. The van der Waals surface area contributed by atoms with Gasteiger partial charge in [-0.3, -0.25) is 4.79 Å². The molecule has 1 fully saturated rings. The average molecular weight is 198 g/mol. The molecule has 1 rings (SSSR count). The minimum Gasteiger partial charge on any atom is -0.341 e. The van der Waals surface area contributed by atoms with Crippen LogP contribution in [0.2, 0.25) is 0 Å². The van der Waals surface area contributed by atoms with Crippen LogP contribution in [0.15, 0.2) is 0 Å². The molecule has 82 valence electrons. The smallest absolute Gasteiger partial charge is 0.222 e. The van der Waals surface area contributed by atoms with Crippen LogP contribution in [0, 0.1) is 5.92 Å². The third-order valence-electron chi connectivity index (χ3n) is 3.03. The molecule has 1 heterocycles. The van der Waals surface area contributed by atoms with E-state index in [1.807, 2.05) is 4.90 Å². The van der Waals surface area contributed by atoms with Crippen LogP contribution in [0.4, 0.5) is 0 Å². The predicted octanol–water partition coefficient (Wildman–Crippen LogP) is 1.37. The van der Waals surface area contributed by atoms with Crippen molar-refractivity contribution in [3.8, 4) is 0 Å². The number of hydrogen-bond acceptors (Lipinski definition) is 2. The van der Waals surface area contributed by atoms with Gasteiger partial charge in [-0.2, -0.15) is 0 Å². The molecule has 2 N–H and O–H groups in total. The third-order valence-corrected chi connectivity index (χ3v) is 3.03. The van der Waals surface area contributed by atoms with Gasteiger partial charge in [-0.1, -0.05) is 20.3 Å². The van der Waals surface area contributed by atoms with Crippen molar-refractivity contribution in [1.29, 1.82) is 0 Å². The number of carbonyl (C=O) groups excluding carboxylic acids is 1. The molecule has 3 nitrogen and oxygen atoms in total. The summed E-state index contributed by atoms with van der Waals surface area (Å²) in [6, 6.07) is 0.199. The fourth-order valence-corrected chi connectivity index (χ4v) is 1.81. The van der Waals surface area contributed by atoms with Gasteiger partial charge in [0.25, 0.3) is 0 Å². The Balaban J connectivity index is 2.36. The second-order valence-electron chi connectivity index (χ2n) is 4.46. The number of likely N-dealkylation sites (tertiary alicyclic amines) is 1. The van der Waals surface area contributed by atoms with Gasteiger partial charge in [0.1, 0.15) is 0 Å². The Bertz CT molecular complexity index is 194. The Hall–Kier alpha value is -0.570. The highest BCUT2D eigenvalue weighted by Gasteiger charge is 2.21. The minimum atomic E-state index is 0.199. The fourth-order valence-electron chi connectivity index (χ4n) is 1.81. The van der Waals surface area contributed by atoms with E-state index in [1.165, 1.54) is 0 Å². The number of nitrogens with zero attached hydrogens (tertiary/aromatic N) is 1. The second kappa shape index (κ2) is 5.35. The normalized spacial score (nSPS) is 24.8. The average Bonchev–Trinajstić information content (AvgIpc) is 2.17. The van der Waals surface area contributed by atoms with Crippen molar-refractivity contribution in [2.75, 3.05) is 13.1 Å². The lowest BCUT2D eigenvalue weighted by molar-refractivity contribution is -0.133. The third kappa shape index (κ3) is 3.29. The van der Waals surface area contributed by atoms with Crippen LogP contribution in [0.5, 0.6) is 0 Å². The van der Waals surface area contributed by atoms with Crippen LogP contribution in [0.1, 0.15) is 39.5 Å². The van der Waals surface area contributed by atoms with E-state index < -0.39 is 0 Å². The quantitative estimate of drug-likeness (QED) is 0.744. The highest BCUT2D eigenvalue weighted by atomic mass is 16.2. The van der Waals surface area contributed by atoms with E-state index in [9.17, 15) is 4.79 Å². The summed E-state index contributed by atoms with van der Waals surface area (Å²) >= 11 is 0. The van der Waals surface area contributed by atoms with Crippen molar-refractivity contribution in [3.05, 3.63) is 0 Å². The van der Waals surface area contributed by atoms with Gasteiger partial charge in [0.2, 0.25) is 5.91 Å². The lowest BCUT2D eigenvalue weighted by atomic mass is 10.0. The molecule has 2 atom stereocenters. The fraction of sp³-hybridized carbons (Fsp3) is 0.909. The molecule has 0 bridgehead atoms. The monoisotopic (exact) mass is 198 g/mol. The van der Waals surface area contributed by atoms with Crippen LogP contribution in [-0.2, 0) is 4.79 Å². The molecule has 14 heavy (non-hydrogen) atoms. The van der Waals surface area contributed by atoms with Crippen LogP contribution in [-0.4, -0.2) is 29.9 Å². The number of hydrogen-bond donors (Lipinski definition) is 1. The Morgan fingerprint density at radius 1 is 1.64 bits per heavy atom. The van der Waals surface area contributed by atoms with E-state index in [2.05, 4.69) is 13.8 Å². The van der Waals surface area contributed by atoms with Crippen molar-refractivity contribution < 1.29 is 4.79 Å². The van der Waals surface area contributed by atoms with Crippen LogP contribution >= 0.6 is 0 Å². The van der Waals surface area contributed by atoms with Gasteiger partial charge in [0.05, 0.1) is 0 Å². The molecule has 0 aliphatic carbocycles. The number of carbonyl (C=O) groups is 1. The molecule has 1 amide bonds. The van der Waals surface area contributed by atoms with Gasteiger partial charge in [0.15, 0.2) is 0 Å². The zero-order valence-electron chi connectivity index (χ0n) is 9.33. The van der Waals surface area contributed by atoms with E-state index in [-0.39, 0.29) is 11.9 Å². The van der Waals surface area contributed by atoms with Crippen molar-refractivity contribution in [3.63, 3.8) is 0 Å². The van der Waals surface area contributed by atoms with Gasteiger partial charge < -0.3 is 10.6 Å². The van der Waals surface area contributed by atoms with E-state index in [0.717, 1.165) is 32.4 Å². The summed E-state index contributed by atoms with van der Waals surface area (Å²) in [6.07, 6.45) is 3.88. The molecule has 1 aliphatic rings. The summed E-state index contributed by atoms with van der Waals surface area (Å²) in [5.74, 6) is 0.787. The summed E-state index contributed by atoms with van der Waals surface area (Å²) in [7, 11) is 0. The second-order valence-corrected chi connectivity index (χ2v) is 4.46. The highest BCUT2D eigenvalue weighted by molar-refractivity contribution is 5.76. The standard InChI is InChI=1S/C11H22N2O/c1-3-9(2)7-11(14)13-6-4-5-10(12)8-13/h9-10H,3-8,12H2,1-2H3/t9-,10+/m1/s1. The first-order valence-electron chi connectivity index (χ1n) is 5.66. The van der Waals surface area contributed by atoms with E-state index in [4.69, 9.17) is 5.73 Å². The lowest BCUT2D eigenvalue weighted by Gasteiger charge is -2.31. The topological polar surface area (TPSA) is 46.3 Å². The molecule has 0 saturated carbocycles. The highest BCUT2D eigenvalue weighted by Crippen LogP contribution is 2.13. The molecule has 0 unspecified atom stereocenters. The Kier molecular flexibility index (Phi) is 4.39. The number of amides is 1. The van der Waals surface area contributed by atoms with Gasteiger partial charge in [-0.15, -0.1) is 0 Å². The summed E-state index contributed by atoms with van der Waals surface area (Å²) in [5, 5.41) is 0. The molecule has 0 aromatic heterocycles. The maximum Gasteiger partial charge on any atom is 0.222 e. The summed E-state index contributed by atoms with van der Waals surface area (Å²) in [4.78, 5) is 13.7. The molecular formula is C11H22N2O. The first-order valence-corrected chi connectivity index (χ1v) is 5.66. The number of nitrogens with two attached hydrogens (primary N) is 1. The number of rotatable bonds is 3. The number of piperidine rings is 1. The Labute approximate surface area is 86.6 Å². The van der Waals surface area contributed by atoms with Crippen LogP contribution in [0.25, 0.3) is 0 Å². The maximum atomic E-state index is 11.8. The van der Waals surface area contributed by atoms with Crippen molar-refractivity contribution in [2.45, 2.75) is 45.6 Å². The van der Waals surface area contributed by atoms with E-state index in [0.29, 0.717) is 12.3 Å².